The normalized spacial score (nSPS) is 23.0. The van der Waals surface area contributed by atoms with Gasteiger partial charge in [-0.05, 0) is 27.7 Å². The van der Waals surface area contributed by atoms with Crippen LogP contribution in [0.15, 0.2) is 24.0 Å². The summed E-state index contributed by atoms with van der Waals surface area (Å²) in [6.07, 6.45) is 0.840. The van der Waals surface area contributed by atoms with Crippen LogP contribution in [0, 0.1) is 5.92 Å². The predicted molar refractivity (Wildman–Crippen MR) is 67.0 cm³/mol. The van der Waals surface area contributed by atoms with Gasteiger partial charge in [0.1, 0.15) is 5.60 Å². The first-order chi connectivity index (χ1) is 8.17. The second-order valence-corrected chi connectivity index (χ2v) is 5.24. The number of carbonyl (C=O) groups is 2. The molecule has 0 bridgehead atoms. The molecule has 0 aromatic carbocycles. The van der Waals surface area contributed by atoms with Gasteiger partial charge in [0, 0.05) is 12.5 Å². The van der Waals surface area contributed by atoms with Gasteiger partial charge in [-0.1, -0.05) is 6.08 Å². The molecule has 1 N–H and O–H groups in total. The standard InChI is InChI=1S/C13H19NO4/c1-6-9-7-14(11(16)10(9)8(2)15)12(17)18-13(3,4)5/h6,9,15H,1,7H2,2-5H3/b10-8-. The summed E-state index contributed by atoms with van der Waals surface area (Å²) < 4.78 is 5.14. The monoisotopic (exact) mass is 253 g/mol. The summed E-state index contributed by atoms with van der Waals surface area (Å²) in [4.78, 5) is 24.8. The van der Waals surface area contributed by atoms with Crippen LogP contribution in [0.25, 0.3) is 0 Å². The predicted octanol–water partition coefficient (Wildman–Crippen LogP) is 2.40. The van der Waals surface area contributed by atoms with Crippen molar-refractivity contribution >= 4 is 12.0 Å². The van der Waals surface area contributed by atoms with Crippen molar-refractivity contribution in [2.24, 2.45) is 5.92 Å². The summed E-state index contributed by atoms with van der Waals surface area (Å²) in [5.74, 6) is -0.958. The zero-order chi connectivity index (χ0) is 14.1. The van der Waals surface area contributed by atoms with Crippen LogP contribution >= 0.6 is 0 Å². The van der Waals surface area contributed by atoms with Crippen molar-refractivity contribution in [3.8, 4) is 0 Å². The van der Waals surface area contributed by atoms with Crippen LogP contribution in [0.2, 0.25) is 0 Å². The van der Waals surface area contributed by atoms with Gasteiger partial charge in [0.05, 0.1) is 11.3 Å². The van der Waals surface area contributed by atoms with Crippen molar-refractivity contribution in [1.29, 1.82) is 0 Å². The van der Waals surface area contributed by atoms with E-state index in [9.17, 15) is 14.7 Å². The Morgan fingerprint density at radius 2 is 2.11 bits per heavy atom. The maximum atomic E-state index is 12.0. The molecule has 1 rings (SSSR count). The molecular formula is C13H19NO4. The molecule has 0 aromatic rings. The second kappa shape index (κ2) is 4.84. The SMILES string of the molecule is C=CC1CN(C(=O)OC(C)(C)C)C(=O)/C1=C(/C)O. The smallest absolute Gasteiger partial charge is 0.417 e. The van der Waals surface area contributed by atoms with Crippen molar-refractivity contribution in [3.05, 3.63) is 24.0 Å². The van der Waals surface area contributed by atoms with Gasteiger partial charge >= 0.3 is 6.09 Å². The minimum absolute atomic E-state index is 0.0871. The summed E-state index contributed by atoms with van der Waals surface area (Å²) in [6, 6.07) is 0. The van der Waals surface area contributed by atoms with E-state index in [1.807, 2.05) is 0 Å². The van der Waals surface area contributed by atoms with Crippen LogP contribution in [-0.2, 0) is 9.53 Å². The summed E-state index contributed by atoms with van der Waals surface area (Å²) in [6.45, 7) is 10.4. The Bertz CT molecular complexity index is 413. The third kappa shape index (κ3) is 2.91. The fraction of sp³-hybridized carbons (Fsp3) is 0.538. The first kappa shape index (κ1) is 14.3. The van der Waals surface area contributed by atoms with Gasteiger partial charge < -0.3 is 9.84 Å². The number of rotatable bonds is 1. The van der Waals surface area contributed by atoms with Crippen LogP contribution in [0.5, 0.6) is 0 Å². The highest BCUT2D eigenvalue weighted by Gasteiger charge is 2.40. The van der Waals surface area contributed by atoms with E-state index in [4.69, 9.17) is 4.74 Å². The zero-order valence-electron chi connectivity index (χ0n) is 11.2. The van der Waals surface area contributed by atoms with Crippen molar-refractivity contribution in [1.82, 2.24) is 4.90 Å². The molecule has 1 atom stereocenters. The lowest BCUT2D eigenvalue weighted by molar-refractivity contribution is -0.124. The molecule has 0 aliphatic carbocycles. The molecule has 2 amide bonds. The first-order valence-corrected chi connectivity index (χ1v) is 5.74. The van der Waals surface area contributed by atoms with Crippen LogP contribution in [0.4, 0.5) is 4.79 Å². The van der Waals surface area contributed by atoms with Crippen LogP contribution in [0.3, 0.4) is 0 Å². The Hall–Kier alpha value is -1.78. The van der Waals surface area contributed by atoms with E-state index in [1.165, 1.54) is 13.0 Å². The fourth-order valence-corrected chi connectivity index (χ4v) is 1.76. The van der Waals surface area contributed by atoms with E-state index >= 15 is 0 Å². The van der Waals surface area contributed by atoms with E-state index < -0.39 is 17.6 Å². The molecule has 18 heavy (non-hydrogen) atoms. The molecule has 1 heterocycles. The number of amides is 2. The molecule has 0 radical (unpaired) electrons. The number of imide groups is 1. The number of aliphatic hydroxyl groups is 1. The van der Waals surface area contributed by atoms with Gasteiger partial charge in [0.15, 0.2) is 0 Å². The van der Waals surface area contributed by atoms with Crippen LogP contribution in [0.1, 0.15) is 27.7 Å². The lowest BCUT2D eigenvalue weighted by atomic mass is 10.0. The van der Waals surface area contributed by atoms with Crippen LogP contribution < -0.4 is 0 Å². The average molecular weight is 253 g/mol. The summed E-state index contributed by atoms with van der Waals surface area (Å²) in [5, 5.41) is 9.49. The lowest BCUT2D eigenvalue weighted by Gasteiger charge is -2.23. The highest BCUT2D eigenvalue weighted by Crippen LogP contribution is 2.28. The molecule has 1 aliphatic heterocycles. The highest BCUT2D eigenvalue weighted by atomic mass is 16.6. The molecule has 0 aromatic heterocycles. The van der Waals surface area contributed by atoms with Gasteiger partial charge in [-0.3, -0.25) is 4.79 Å². The second-order valence-electron chi connectivity index (χ2n) is 5.24. The quantitative estimate of drug-likeness (QED) is 0.442. The molecule has 1 fully saturated rings. The number of nitrogens with zero attached hydrogens (tertiary/aromatic N) is 1. The highest BCUT2D eigenvalue weighted by molar-refractivity contribution is 6.05. The number of allylic oxidation sites excluding steroid dienone is 1. The molecule has 100 valence electrons. The zero-order valence-corrected chi connectivity index (χ0v) is 11.2. The van der Waals surface area contributed by atoms with E-state index in [2.05, 4.69) is 6.58 Å². The van der Waals surface area contributed by atoms with E-state index in [-0.39, 0.29) is 23.8 Å². The molecule has 5 heteroatoms. The molecule has 1 saturated heterocycles. The Labute approximate surface area is 107 Å². The first-order valence-electron chi connectivity index (χ1n) is 5.74. The van der Waals surface area contributed by atoms with Gasteiger partial charge in [0.2, 0.25) is 0 Å². The summed E-state index contributed by atoms with van der Waals surface area (Å²) >= 11 is 0. The third-order valence-corrected chi connectivity index (χ3v) is 2.51. The van der Waals surface area contributed by atoms with Gasteiger partial charge in [-0.15, -0.1) is 6.58 Å². The maximum Gasteiger partial charge on any atom is 0.417 e. The molecule has 5 nitrogen and oxygen atoms in total. The van der Waals surface area contributed by atoms with Crippen molar-refractivity contribution in [2.75, 3.05) is 6.54 Å². The van der Waals surface area contributed by atoms with E-state index in [0.717, 1.165) is 4.90 Å². The van der Waals surface area contributed by atoms with Gasteiger partial charge in [-0.25, -0.2) is 9.69 Å². The Balaban J connectivity index is 2.95. The number of ether oxygens (including phenoxy) is 1. The molecule has 1 unspecified atom stereocenters. The Morgan fingerprint density at radius 3 is 2.44 bits per heavy atom. The maximum absolute atomic E-state index is 12.0. The number of likely N-dealkylation sites (tertiary alicyclic amines) is 1. The van der Waals surface area contributed by atoms with E-state index in [0.29, 0.717) is 0 Å². The largest absolute Gasteiger partial charge is 0.512 e. The summed E-state index contributed by atoms with van der Waals surface area (Å²) in [5.41, 5.74) is -0.460. The minimum Gasteiger partial charge on any atom is -0.512 e. The van der Waals surface area contributed by atoms with Crippen molar-refractivity contribution in [3.63, 3.8) is 0 Å². The number of carbonyl (C=O) groups excluding carboxylic acids is 2. The number of hydrogen-bond donors (Lipinski definition) is 1. The van der Waals surface area contributed by atoms with Gasteiger partial charge in [0.25, 0.3) is 5.91 Å². The average Bonchev–Trinajstić information content (AvgIpc) is 2.52. The number of aliphatic hydroxyl groups excluding tert-OH is 1. The lowest BCUT2D eigenvalue weighted by Crippen LogP contribution is -2.37. The molecule has 0 spiro atoms. The van der Waals surface area contributed by atoms with Crippen molar-refractivity contribution < 1.29 is 19.4 Å². The topological polar surface area (TPSA) is 66.8 Å². The van der Waals surface area contributed by atoms with Crippen molar-refractivity contribution in [2.45, 2.75) is 33.3 Å². The Kier molecular flexibility index (Phi) is 3.84. The molecule has 1 aliphatic rings. The Morgan fingerprint density at radius 1 is 1.56 bits per heavy atom. The minimum atomic E-state index is -0.699. The van der Waals surface area contributed by atoms with E-state index in [1.54, 1.807) is 20.8 Å². The molecular weight excluding hydrogens is 234 g/mol. The third-order valence-electron chi connectivity index (χ3n) is 2.51. The fourth-order valence-electron chi connectivity index (χ4n) is 1.76. The summed E-state index contributed by atoms with van der Waals surface area (Å²) in [7, 11) is 0. The van der Waals surface area contributed by atoms with Gasteiger partial charge in [-0.2, -0.15) is 0 Å². The molecule has 0 saturated carbocycles. The number of hydrogen-bond acceptors (Lipinski definition) is 4. The van der Waals surface area contributed by atoms with Crippen LogP contribution in [-0.4, -0.2) is 34.2 Å².